The quantitative estimate of drug-likeness (QED) is 0.0344. The van der Waals surface area contributed by atoms with Gasteiger partial charge >= 0.3 is 17.9 Å². The van der Waals surface area contributed by atoms with Crippen LogP contribution in [0.4, 0.5) is 0 Å². The molecule has 6 nitrogen and oxygen atoms in total. The van der Waals surface area contributed by atoms with E-state index in [2.05, 4.69) is 27.7 Å². The molecular formula is C58H112O6. The van der Waals surface area contributed by atoms with Crippen molar-refractivity contribution in [3.63, 3.8) is 0 Å². The first-order valence-electron chi connectivity index (χ1n) is 28.9. The van der Waals surface area contributed by atoms with Gasteiger partial charge in [-0.2, -0.15) is 0 Å². The smallest absolute Gasteiger partial charge is 0.306 e. The lowest BCUT2D eigenvalue weighted by Gasteiger charge is -2.18. The van der Waals surface area contributed by atoms with Crippen LogP contribution in [0.3, 0.4) is 0 Å². The summed E-state index contributed by atoms with van der Waals surface area (Å²) in [6, 6.07) is 0. The van der Waals surface area contributed by atoms with Gasteiger partial charge in [0, 0.05) is 19.3 Å². The Labute approximate surface area is 399 Å². The average Bonchev–Trinajstić information content (AvgIpc) is 3.28. The molecular weight excluding hydrogens is 793 g/mol. The van der Waals surface area contributed by atoms with Crippen LogP contribution >= 0.6 is 0 Å². The molecule has 0 aliphatic rings. The Hall–Kier alpha value is -1.59. The number of rotatable bonds is 53. The van der Waals surface area contributed by atoms with Gasteiger partial charge in [-0.1, -0.05) is 291 Å². The van der Waals surface area contributed by atoms with E-state index in [9.17, 15) is 14.4 Å². The minimum absolute atomic E-state index is 0.0619. The van der Waals surface area contributed by atoms with E-state index in [-0.39, 0.29) is 31.1 Å². The summed E-state index contributed by atoms with van der Waals surface area (Å²) in [5, 5.41) is 0. The Bertz CT molecular complexity index is 964. The van der Waals surface area contributed by atoms with Crippen LogP contribution in [-0.2, 0) is 28.6 Å². The average molecular weight is 906 g/mol. The molecule has 64 heavy (non-hydrogen) atoms. The first-order valence-corrected chi connectivity index (χ1v) is 28.9. The van der Waals surface area contributed by atoms with Crippen molar-refractivity contribution in [2.75, 3.05) is 13.2 Å². The first kappa shape index (κ1) is 62.4. The van der Waals surface area contributed by atoms with E-state index in [1.807, 2.05) is 0 Å². The molecule has 0 saturated carbocycles. The highest BCUT2D eigenvalue weighted by molar-refractivity contribution is 5.71. The van der Waals surface area contributed by atoms with Crippen molar-refractivity contribution in [1.29, 1.82) is 0 Å². The Balaban J connectivity index is 4.21. The first-order chi connectivity index (χ1) is 31.4. The van der Waals surface area contributed by atoms with Crippen LogP contribution < -0.4 is 0 Å². The molecule has 380 valence electrons. The molecule has 0 aromatic heterocycles. The van der Waals surface area contributed by atoms with E-state index in [1.165, 1.54) is 225 Å². The van der Waals surface area contributed by atoms with Gasteiger partial charge in [0.25, 0.3) is 0 Å². The molecule has 0 fully saturated rings. The van der Waals surface area contributed by atoms with Gasteiger partial charge in [0.2, 0.25) is 0 Å². The zero-order valence-corrected chi connectivity index (χ0v) is 43.8. The lowest BCUT2D eigenvalue weighted by atomic mass is 10.0. The number of hydrogen-bond donors (Lipinski definition) is 0. The van der Waals surface area contributed by atoms with Crippen molar-refractivity contribution in [1.82, 2.24) is 0 Å². The zero-order valence-electron chi connectivity index (χ0n) is 43.8. The molecule has 0 rings (SSSR count). The predicted molar refractivity (Wildman–Crippen MR) is 275 cm³/mol. The van der Waals surface area contributed by atoms with Crippen molar-refractivity contribution >= 4 is 17.9 Å². The topological polar surface area (TPSA) is 78.9 Å². The Morgan fingerprint density at radius 2 is 0.516 bits per heavy atom. The van der Waals surface area contributed by atoms with Gasteiger partial charge in [-0.25, -0.2) is 0 Å². The van der Waals surface area contributed by atoms with Crippen molar-refractivity contribution in [3.05, 3.63) is 0 Å². The molecule has 6 heteroatoms. The molecule has 0 aromatic rings. The van der Waals surface area contributed by atoms with Crippen molar-refractivity contribution in [2.24, 2.45) is 5.92 Å². The fraction of sp³-hybridized carbons (Fsp3) is 0.948. The molecule has 0 unspecified atom stereocenters. The van der Waals surface area contributed by atoms with Crippen LogP contribution in [-0.4, -0.2) is 37.2 Å². The summed E-state index contributed by atoms with van der Waals surface area (Å²) in [6.45, 7) is 9.06. The molecule has 0 bridgehead atoms. The summed E-state index contributed by atoms with van der Waals surface area (Å²) in [6.07, 6.45) is 56.7. The largest absolute Gasteiger partial charge is 0.462 e. The number of hydrogen-bond acceptors (Lipinski definition) is 6. The maximum atomic E-state index is 12.8. The standard InChI is InChI=1S/C58H112O6/c1-5-7-9-11-13-15-17-18-23-27-30-34-38-42-46-50-57(60)63-53-55(52-62-56(59)49-45-41-37-33-16-14-12-10-8-6-2)64-58(61)51-47-43-39-35-31-28-25-22-20-19-21-24-26-29-32-36-40-44-48-54(3)4/h54-55H,5-53H2,1-4H3/t55-/m1/s1. The maximum Gasteiger partial charge on any atom is 0.306 e. The third-order valence-electron chi connectivity index (χ3n) is 13.3. The van der Waals surface area contributed by atoms with Gasteiger partial charge in [0.05, 0.1) is 0 Å². The van der Waals surface area contributed by atoms with E-state index in [0.29, 0.717) is 19.3 Å². The van der Waals surface area contributed by atoms with Gasteiger partial charge in [0.1, 0.15) is 13.2 Å². The highest BCUT2D eigenvalue weighted by atomic mass is 16.6. The summed E-state index contributed by atoms with van der Waals surface area (Å²) in [4.78, 5) is 38.0. The fourth-order valence-electron chi connectivity index (χ4n) is 8.92. The summed E-state index contributed by atoms with van der Waals surface area (Å²) >= 11 is 0. The van der Waals surface area contributed by atoms with Crippen LogP contribution in [0.1, 0.15) is 329 Å². The molecule has 0 N–H and O–H groups in total. The second-order valence-electron chi connectivity index (χ2n) is 20.4. The lowest BCUT2D eigenvalue weighted by Crippen LogP contribution is -2.30. The minimum atomic E-state index is -0.761. The summed E-state index contributed by atoms with van der Waals surface area (Å²) in [7, 11) is 0. The normalized spacial score (nSPS) is 12.0. The summed E-state index contributed by atoms with van der Waals surface area (Å²) in [5.41, 5.74) is 0. The molecule has 0 amide bonds. The van der Waals surface area contributed by atoms with Crippen LogP contribution in [0.5, 0.6) is 0 Å². The maximum absolute atomic E-state index is 12.8. The Morgan fingerprint density at radius 3 is 0.766 bits per heavy atom. The molecule has 0 aliphatic carbocycles. The molecule has 0 heterocycles. The number of esters is 3. The van der Waals surface area contributed by atoms with Crippen LogP contribution in [0.2, 0.25) is 0 Å². The highest BCUT2D eigenvalue weighted by Crippen LogP contribution is 2.18. The molecule has 0 radical (unpaired) electrons. The molecule has 0 aromatic carbocycles. The Morgan fingerprint density at radius 1 is 0.297 bits per heavy atom. The molecule has 1 atom stereocenters. The summed E-state index contributed by atoms with van der Waals surface area (Å²) < 4.78 is 16.9. The van der Waals surface area contributed by atoms with Gasteiger partial charge in [-0.05, 0) is 25.2 Å². The van der Waals surface area contributed by atoms with Crippen LogP contribution in [0.15, 0.2) is 0 Å². The van der Waals surface area contributed by atoms with Gasteiger partial charge in [-0.3, -0.25) is 14.4 Å². The van der Waals surface area contributed by atoms with E-state index in [1.54, 1.807) is 0 Å². The molecule has 0 spiro atoms. The number of carbonyl (C=O) groups is 3. The SMILES string of the molecule is CCCCCCCCCCCCCCCCCC(=O)OC[C@@H](COC(=O)CCCCCCCCCCCC)OC(=O)CCCCCCCCCCCCCCCCCCCCC(C)C. The lowest BCUT2D eigenvalue weighted by molar-refractivity contribution is -0.167. The monoisotopic (exact) mass is 905 g/mol. The third kappa shape index (κ3) is 51.4. The number of ether oxygens (including phenoxy) is 3. The van der Waals surface area contributed by atoms with Crippen LogP contribution in [0, 0.1) is 5.92 Å². The van der Waals surface area contributed by atoms with E-state index in [0.717, 1.165) is 63.7 Å². The van der Waals surface area contributed by atoms with Gasteiger partial charge in [0.15, 0.2) is 6.10 Å². The number of unbranched alkanes of at least 4 members (excludes halogenated alkanes) is 40. The van der Waals surface area contributed by atoms with Crippen molar-refractivity contribution < 1.29 is 28.6 Å². The van der Waals surface area contributed by atoms with Gasteiger partial charge < -0.3 is 14.2 Å². The van der Waals surface area contributed by atoms with Crippen LogP contribution in [0.25, 0.3) is 0 Å². The zero-order chi connectivity index (χ0) is 46.7. The second kappa shape index (κ2) is 52.4. The molecule has 0 saturated heterocycles. The van der Waals surface area contributed by atoms with E-state index in [4.69, 9.17) is 14.2 Å². The minimum Gasteiger partial charge on any atom is -0.462 e. The number of carbonyl (C=O) groups excluding carboxylic acids is 3. The fourth-order valence-corrected chi connectivity index (χ4v) is 8.92. The molecule has 0 aliphatic heterocycles. The van der Waals surface area contributed by atoms with Crippen molar-refractivity contribution in [2.45, 2.75) is 336 Å². The predicted octanol–water partition coefficient (Wildman–Crippen LogP) is 19.0. The van der Waals surface area contributed by atoms with E-state index >= 15 is 0 Å². The highest BCUT2D eigenvalue weighted by Gasteiger charge is 2.19. The third-order valence-corrected chi connectivity index (χ3v) is 13.3. The summed E-state index contributed by atoms with van der Waals surface area (Å²) in [5.74, 6) is 0.0209. The van der Waals surface area contributed by atoms with Crippen molar-refractivity contribution in [3.8, 4) is 0 Å². The Kier molecular flexibility index (Phi) is 51.1. The van der Waals surface area contributed by atoms with Gasteiger partial charge in [-0.15, -0.1) is 0 Å². The second-order valence-corrected chi connectivity index (χ2v) is 20.4. The van der Waals surface area contributed by atoms with E-state index < -0.39 is 6.10 Å².